The molecular weight excluding hydrogens is 287 g/mol. The van der Waals surface area contributed by atoms with E-state index in [9.17, 15) is 9.67 Å². The molecule has 0 fully saturated rings. The van der Waals surface area contributed by atoms with Crippen LogP contribution in [-0.2, 0) is 9.09 Å². The summed E-state index contributed by atoms with van der Waals surface area (Å²) in [6.45, 7) is 0. The van der Waals surface area contributed by atoms with Crippen molar-refractivity contribution >= 4 is 18.4 Å². The molecule has 0 bridgehead atoms. The van der Waals surface area contributed by atoms with E-state index in [1.807, 2.05) is 31.1 Å². The fourth-order valence-electron chi connectivity index (χ4n) is 2.01. The van der Waals surface area contributed by atoms with Crippen molar-refractivity contribution in [1.29, 1.82) is 0 Å². The van der Waals surface area contributed by atoms with Crippen LogP contribution in [0.4, 0.5) is 5.69 Å². The lowest BCUT2D eigenvalue weighted by atomic mass is 10.3. The van der Waals surface area contributed by atoms with Gasteiger partial charge in [-0.1, -0.05) is 6.07 Å². The number of hydrogen-bond donors (Lipinski definition) is 1. The molecule has 1 heterocycles. The Hall–Kier alpha value is -1.68. The Labute approximate surface area is 124 Å². The Balaban J connectivity index is 2.39. The molecule has 2 aromatic rings. The van der Waals surface area contributed by atoms with Gasteiger partial charge in [0.2, 0.25) is 0 Å². The number of aliphatic hydroxyl groups excluding tert-OH is 1. The average Bonchev–Trinajstić information content (AvgIpc) is 2.54. The molecule has 0 saturated carbocycles. The highest BCUT2D eigenvalue weighted by molar-refractivity contribution is 7.67. The quantitative estimate of drug-likeness (QED) is 0.859. The van der Waals surface area contributed by atoms with Crippen LogP contribution in [0.5, 0.6) is 0 Å². The average molecular weight is 306 g/mol. The molecule has 112 valence electrons. The van der Waals surface area contributed by atoms with Gasteiger partial charge < -0.3 is 14.5 Å². The van der Waals surface area contributed by atoms with Gasteiger partial charge in [-0.05, 0) is 36.4 Å². The smallest absolute Gasteiger partial charge is 0.265 e. The summed E-state index contributed by atoms with van der Waals surface area (Å²) in [5.74, 6) is -1.28. The molecule has 21 heavy (non-hydrogen) atoms. The topological polar surface area (TPSA) is 62.7 Å². The van der Waals surface area contributed by atoms with Gasteiger partial charge in [0.15, 0.2) is 5.85 Å². The van der Waals surface area contributed by atoms with Crippen molar-refractivity contribution in [3.63, 3.8) is 0 Å². The van der Waals surface area contributed by atoms with E-state index in [1.165, 1.54) is 7.11 Å². The predicted molar refractivity (Wildman–Crippen MR) is 84.2 cm³/mol. The molecule has 2 rings (SSSR count). The summed E-state index contributed by atoms with van der Waals surface area (Å²) in [7, 11) is 1.75. The third-order valence-electron chi connectivity index (χ3n) is 3.27. The fraction of sp³-hybridized carbons (Fsp3) is 0.267. The van der Waals surface area contributed by atoms with Crippen molar-refractivity contribution in [2.75, 3.05) is 26.1 Å². The summed E-state index contributed by atoms with van der Waals surface area (Å²) < 4.78 is 18.2. The first kappa shape index (κ1) is 15.7. The number of rotatable bonds is 5. The van der Waals surface area contributed by atoms with Crippen molar-refractivity contribution in [2.24, 2.45) is 0 Å². The first-order valence-corrected chi connectivity index (χ1v) is 8.21. The van der Waals surface area contributed by atoms with Crippen LogP contribution in [0.25, 0.3) is 0 Å². The number of benzene rings is 1. The van der Waals surface area contributed by atoms with Gasteiger partial charge in [0, 0.05) is 38.4 Å². The molecule has 0 aliphatic carbocycles. The molecule has 1 aromatic heterocycles. The van der Waals surface area contributed by atoms with Crippen molar-refractivity contribution < 1.29 is 14.2 Å². The third-order valence-corrected chi connectivity index (χ3v) is 5.74. The maximum absolute atomic E-state index is 13.0. The predicted octanol–water partition coefficient (Wildman–Crippen LogP) is 2.39. The molecule has 0 amide bonds. The van der Waals surface area contributed by atoms with Crippen LogP contribution < -0.4 is 10.2 Å². The zero-order valence-corrected chi connectivity index (χ0v) is 13.2. The fourth-order valence-corrected chi connectivity index (χ4v) is 3.77. The number of pyridine rings is 1. The molecule has 6 heteroatoms. The second-order valence-electron chi connectivity index (χ2n) is 4.82. The van der Waals surface area contributed by atoms with Crippen molar-refractivity contribution in [3.05, 3.63) is 54.4 Å². The number of aromatic nitrogens is 1. The van der Waals surface area contributed by atoms with Crippen LogP contribution in [0.2, 0.25) is 0 Å². The van der Waals surface area contributed by atoms with Crippen LogP contribution in [0.3, 0.4) is 0 Å². The van der Waals surface area contributed by atoms with Gasteiger partial charge in [-0.15, -0.1) is 0 Å². The molecule has 0 spiro atoms. The summed E-state index contributed by atoms with van der Waals surface area (Å²) in [4.78, 5) is 5.99. The van der Waals surface area contributed by atoms with E-state index in [4.69, 9.17) is 4.52 Å². The van der Waals surface area contributed by atoms with Crippen molar-refractivity contribution in [2.45, 2.75) is 5.85 Å². The molecule has 0 aliphatic rings. The van der Waals surface area contributed by atoms with Crippen molar-refractivity contribution in [3.8, 4) is 0 Å². The van der Waals surface area contributed by atoms with Crippen LogP contribution in [-0.4, -0.2) is 31.3 Å². The maximum atomic E-state index is 13.0. The highest BCUT2D eigenvalue weighted by Gasteiger charge is 2.36. The van der Waals surface area contributed by atoms with Gasteiger partial charge in [0.25, 0.3) is 7.37 Å². The van der Waals surface area contributed by atoms with Gasteiger partial charge >= 0.3 is 0 Å². The van der Waals surface area contributed by atoms with E-state index in [1.54, 1.807) is 36.5 Å². The van der Waals surface area contributed by atoms with E-state index in [-0.39, 0.29) is 0 Å². The number of hydrogen-bond acceptors (Lipinski definition) is 5. The molecular formula is C15H19N2O3P. The van der Waals surface area contributed by atoms with E-state index >= 15 is 0 Å². The van der Waals surface area contributed by atoms with E-state index < -0.39 is 13.2 Å². The molecule has 0 saturated heterocycles. The Morgan fingerprint density at radius 1 is 1.19 bits per heavy atom. The molecule has 0 radical (unpaired) electrons. The minimum absolute atomic E-state index is 0.333. The summed E-state index contributed by atoms with van der Waals surface area (Å²) in [6.07, 6.45) is 1.55. The van der Waals surface area contributed by atoms with Gasteiger partial charge in [-0.3, -0.25) is 9.55 Å². The largest absolute Gasteiger partial charge is 0.378 e. The molecule has 0 aliphatic heterocycles. The third kappa shape index (κ3) is 3.16. The molecule has 1 aromatic carbocycles. The lowest BCUT2D eigenvalue weighted by Gasteiger charge is -2.22. The maximum Gasteiger partial charge on any atom is 0.265 e. The molecule has 5 nitrogen and oxygen atoms in total. The van der Waals surface area contributed by atoms with Gasteiger partial charge in [-0.2, -0.15) is 0 Å². The number of anilines is 1. The van der Waals surface area contributed by atoms with Crippen LogP contribution >= 0.6 is 7.37 Å². The SMILES string of the molecule is CO[P@](=O)(c1ccc(N(C)C)cc1)[C@@H](O)c1ccccn1. The Morgan fingerprint density at radius 2 is 1.86 bits per heavy atom. The number of aliphatic hydroxyl groups is 1. The molecule has 2 atom stereocenters. The summed E-state index contributed by atoms with van der Waals surface area (Å²) in [6, 6.07) is 12.2. The van der Waals surface area contributed by atoms with Gasteiger partial charge in [0.05, 0.1) is 5.69 Å². The van der Waals surface area contributed by atoms with E-state index in [2.05, 4.69) is 4.98 Å². The molecule has 0 unspecified atom stereocenters. The second kappa shape index (κ2) is 6.39. The minimum atomic E-state index is -3.44. The second-order valence-corrected chi connectivity index (χ2v) is 7.38. The zero-order valence-electron chi connectivity index (χ0n) is 12.3. The molecule has 1 N–H and O–H groups in total. The van der Waals surface area contributed by atoms with Crippen LogP contribution in [0, 0.1) is 0 Å². The minimum Gasteiger partial charge on any atom is -0.378 e. The van der Waals surface area contributed by atoms with E-state index in [0.29, 0.717) is 11.0 Å². The highest BCUT2D eigenvalue weighted by Crippen LogP contribution is 2.56. The van der Waals surface area contributed by atoms with E-state index in [0.717, 1.165) is 5.69 Å². The Morgan fingerprint density at radius 3 is 2.33 bits per heavy atom. The lowest BCUT2D eigenvalue weighted by molar-refractivity contribution is 0.224. The summed E-state index contributed by atoms with van der Waals surface area (Å²) >= 11 is 0. The number of nitrogens with zero attached hydrogens (tertiary/aromatic N) is 2. The zero-order chi connectivity index (χ0) is 15.5. The summed E-state index contributed by atoms with van der Waals surface area (Å²) in [5, 5.41) is 10.9. The lowest BCUT2D eigenvalue weighted by Crippen LogP contribution is -2.15. The first-order chi connectivity index (χ1) is 9.99. The van der Waals surface area contributed by atoms with Crippen molar-refractivity contribution in [1.82, 2.24) is 4.98 Å². The van der Waals surface area contributed by atoms with Crippen LogP contribution in [0.15, 0.2) is 48.7 Å². The highest BCUT2D eigenvalue weighted by atomic mass is 31.2. The van der Waals surface area contributed by atoms with Gasteiger partial charge in [-0.25, -0.2) is 0 Å². The monoisotopic (exact) mass is 306 g/mol. The first-order valence-electron chi connectivity index (χ1n) is 6.51. The van der Waals surface area contributed by atoms with Crippen LogP contribution in [0.1, 0.15) is 11.5 Å². The summed E-state index contributed by atoms with van der Waals surface area (Å²) in [5.41, 5.74) is 1.31. The standard InChI is InChI=1S/C15H19N2O3P/c1-17(2)12-7-9-13(10-8-12)21(19,20-3)15(18)14-6-4-5-11-16-14/h4-11,15,18H,1-3H3/t15-,21-/m1/s1. The Kier molecular flexibility index (Phi) is 4.78. The Bertz CT molecular complexity index is 629. The normalized spacial score (nSPS) is 15.2. The van der Waals surface area contributed by atoms with Gasteiger partial charge in [0.1, 0.15) is 0 Å².